The number of rotatable bonds is 2. The molecule has 0 atom stereocenters. The van der Waals surface area contributed by atoms with E-state index in [0.29, 0.717) is 0 Å². The summed E-state index contributed by atoms with van der Waals surface area (Å²) in [7, 11) is 0. The molecule has 0 aliphatic carbocycles. The number of nitrogens with zero attached hydrogens (tertiary/aromatic N) is 2. The van der Waals surface area contributed by atoms with Crippen LogP contribution in [0.1, 0.15) is 0 Å². The van der Waals surface area contributed by atoms with Crippen molar-refractivity contribution in [1.29, 1.82) is 0 Å². The Morgan fingerprint density at radius 3 is 1.58 bits per heavy atom. The SMILES string of the molecule is Ic1ccccc1.O=[N+]([O-])c1cccc([N+](=O)[O-])c1. The van der Waals surface area contributed by atoms with Crippen molar-refractivity contribution in [3.05, 3.63) is 78.4 Å². The standard InChI is InChI=1S/C6H5I.C6H4N2O4/c7-6-4-2-1-3-5-6;9-7(10)5-2-1-3-6(4-5)8(11)12/h1-5H;1-4H. The van der Waals surface area contributed by atoms with Gasteiger partial charge in [-0.15, -0.1) is 0 Å². The van der Waals surface area contributed by atoms with E-state index >= 15 is 0 Å². The van der Waals surface area contributed by atoms with E-state index in [4.69, 9.17) is 0 Å². The highest BCUT2D eigenvalue weighted by Crippen LogP contribution is 2.18. The van der Waals surface area contributed by atoms with Crippen LogP contribution in [0, 0.1) is 23.8 Å². The minimum Gasteiger partial charge on any atom is -0.258 e. The van der Waals surface area contributed by atoms with Gasteiger partial charge in [0.2, 0.25) is 0 Å². The van der Waals surface area contributed by atoms with E-state index in [-0.39, 0.29) is 11.4 Å². The third-order valence-electron chi connectivity index (χ3n) is 1.98. The van der Waals surface area contributed by atoms with Crippen LogP contribution in [0.15, 0.2) is 54.6 Å². The fraction of sp³-hybridized carbons (Fsp3) is 0. The van der Waals surface area contributed by atoms with E-state index in [1.54, 1.807) is 0 Å². The van der Waals surface area contributed by atoms with Crippen molar-refractivity contribution in [2.45, 2.75) is 0 Å². The summed E-state index contributed by atoms with van der Waals surface area (Å²) in [5, 5.41) is 20.3. The molecule has 0 aliphatic rings. The zero-order valence-corrected chi connectivity index (χ0v) is 11.8. The second-order valence-electron chi connectivity index (χ2n) is 3.33. The Kier molecular flexibility index (Phi) is 5.86. The number of benzene rings is 2. The van der Waals surface area contributed by atoms with E-state index in [1.807, 2.05) is 18.2 Å². The lowest BCUT2D eigenvalue weighted by atomic mass is 10.3. The molecule has 0 saturated heterocycles. The van der Waals surface area contributed by atoms with Crippen molar-refractivity contribution < 1.29 is 9.85 Å². The molecule has 0 aromatic heterocycles. The summed E-state index contributed by atoms with van der Waals surface area (Å²) in [6, 6.07) is 14.8. The highest BCUT2D eigenvalue weighted by Gasteiger charge is 2.11. The zero-order valence-electron chi connectivity index (χ0n) is 9.60. The first kappa shape index (κ1) is 15.0. The van der Waals surface area contributed by atoms with Gasteiger partial charge in [-0.05, 0) is 40.8 Å². The molecule has 0 spiro atoms. The molecule has 98 valence electrons. The Bertz CT molecular complexity index is 546. The molecular weight excluding hydrogens is 363 g/mol. The highest BCUT2D eigenvalue weighted by molar-refractivity contribution is 14.1. The lowest BCUT2D eigenvalue weighted by Crippen LogP contribution is -1.91. The van der Waals surface area contributed by atoms with Gasteiger partial charge in [0.25, 0.3) is 11.4 Å². The Morgan fingerprint density at radius 1 is 0.789 bits per heavy atom. The first-order valence-corrected chi connectivity index (χ1v) is 6.18. The van der Waals surface area contributed by atoms with Gasteiger partial charge < -0.3 is 0 Å². The second-order valence-corrected chi connectivity index (χ2v) is 4.58. The summed E-state index contributed by atoms with van der Waals surface area (Å²) in [5.74, 6) is 0. The number of halogens is 1. The summed E-state index contributed by atoms with van der Waals surface area (Å²) in [4.78, 5) is 19.0. The topological polar surface area (TPSA) is 86.3 Å². The molecule has 2 aromatic rings. The zero-order chi connectivity index (χ0) is 14.3. The first-order valence-electron chi connectivity index (χ1n) is 5.10. The van der Waals surface area contributed by atoms with Gasteiger partial charge in [-0.2, -0.15) is 0 Å². The number of nitro benzene ring substituents is 2. The van der Waals surface area contributed by atoms with Crippen LogP contribution in [0.25, 0.3) is 0 Å². The van der Waals surface area contributed by atoms with Gasteiger partial charge in [0.05, 0.1) is 15.9 Å². The molecule has 0 fully saturated rings. The molecule has 0 amide bonds. The Balaban J connectivity index is 0.000000218. The smallest absolute Gasteiger partial charge is 0.258 e. The summed E-state index contributed by atoms with van der Waals surface area (Å²) >= 11 is 2.28. The largest absolute Gasteiger partial charge is 0.276 e. The van der Waals surface area contributed by atoms with Crippen molar-refractivity contribution in [3.8, 4) is 0 Å². The third-order valence-corrected chi connectivity index (χ3v) is 2.70. The van der Waals surface area contributed by atoms with Crippen molar-refractivity contribution in [1.82, 2.24) is 0 Å². The molecule has 0 saturated carbocycles. The van der Waals surface area contributed by atoms with Crippen LogP contribution in [0.5, 0.6) is 0 Å². The monoisotopic (exact) mass is 372 g/mol. The Hall–Kier alpha value is -2.03. The van der Waals surface area contributed by atoms with Crippen LogP contribution in [-0.2, 0) is 0 Å². The number of hydrogen-bond acceptors (Lipinski definition) is 4. The molecule has 2 aromatic carbocycles. The summed E-state index contributed by atoms with van der Waals surface area (Å²) < 4.78 is 1.29. The van der Waals surface area contributed by atoms with Gasteiger partial charge in [0.15, 0.2) is 0 Å². The van der Waals surface area contributed by atoms with Crippen molar-refractivity contribution >= 4 is 34.0 Å². The molecular formula is C12H9IN2O4. The first-order chi connectivity index (χ1) is 9.00. The number of hydrogen-bond donors (Lipinski definition) is 0. The fourth-order valence-electron chi connectivity index (χ4n) is 1.13. The van der Waals surface area contributed by atoms with Gasteiger partial charge in [-0.25, -0.2) is 0 Å². The predicted molar refractivity (Wildman–Crippen MR) is 78.9 cm³/mol. The van der Waals surface area contributed by atoms with Gasteiger partial charge in [0.1, 0.15) is 0 Å². The quantitative estimate of drug-likeness (QED) is 0.456. The van der Waals surface area contributed by atoms with E-state index in [2.05, 4.69) is 34.7 Å². The van der Waals surface area contributed by atoms with Gasteiger partial charge in [0, 0.05) is 15.7 Å². The molecule has 0 N–H and O–H groups in total. The fourth-order valence-corrected chi connectivity index (χ4v) is 1.55. The Labute approximate surface area is 122 Å². The van der Waals surface area contributed by atoms with Gasteiger partial charge in [-0.3, -0.25) is 20.2 Å². The van der Waals surface area contributed by atoms with Crippen molar-refractivity contribution in [2.24, 2.45) is 0 Å². The van der Waals surface area contributed by atoms with Crippen LogP contribution < -0.4 is 0 Å². The summed E-state index contributed by atoms with van der Waals surface area (Å²) in [6.07, 6.45) is 0. The molecule has 0 aliphatic heterocycles. The third kappa shape index (κ3) is 5.42. The highest BCUT2D eigenvalue weighted by atomic mass is 127. The summed E-state index contributed by atoms with van der Waals surface area (Å²) in [5.41, 5.74) is -0.548. The normalized spacial score (nSPS) is 9.11. The van der Waals surface area contributed by atoms with E-state index in [9.17, 15) is 20.2 Å². The maximum absolute atomic E-state index is 10.2. The predicted octanol–water partition coefficient (Wildman–Crippen LogP) is 3.79. The molecule has 0 radical (unpaired) electrons. The van der Waals surface area contributed by atoms with Crippen LogP contribution in [0.4, 0.5) is 11.4 Å². The summed E-state index contributed by atoms with van der Waals surface area (Å²) in [6.45, 7) is 0. The van der Waals surface area contributed by atoms with E-state index in [1.165, 1.54) is 21.8 Å². The average molecular weight is 372 g/mol. The minimum atomic E-state index is -0.674. The maximum Gasteiger partial charge on any atom is 0.276 e. The van der Waals surface area contributed by atoms with Crippen LogP contribution in [0.2, 0.25) is 0 Å². The lowest BCUT2D eigenvalue weighted by Gasteiger charge is -1.90. The molecule has 0 bridgehead atoms. The van der Waals surface area contributed by atoms with Gasteiger partial charge in [-0.1, -0.05) is 18.2 Å². The van der Waals surface area contributed by atoms with Gasteiger partial charge >= 0.3 is 0 Å². The minimum absolute atomic E-state index is 0.274. The molecule has 6 nitrogen and oxygen atoms in total. The molecule has 0 heterocycles. The molecule has 19 heavy (non-hydrogen) atoms. The molecule has 0 unspecified atom stereocenters. The van der Waals surface area contributed by atoms with E-state index < -0.39 is 9.85 Å². The number of nitro groups is 2. The average Bonchev–Trinajstić information content (AvgIpc) is 2.40. The maximum atomic E-state index is 10.2. The Morgan fingerprint density at radius 2 is 1.26 bits per heavy atom. The van der Waals surface area contributed by atoms with Crippen molar-refractivity contribution in [2.75, 3.05) is 0 Å². The lowest BCUT2D eigenvalue weighted by molar-refractivity contribution is -0.394. The number of non-ortho nitro benzene ring substituents is 2. The van der Waals surface area contributed by atoms with Crippen LogP contribution in [0.3, 0.4) is 0 Å². The molecule has 2 rings (SSSR count). The van der Waals surface area contributed by atoms with Crippen LogP contribution in [-0.4, -0.2) is 9.85 Å². The molecule has 7 heteroatoms. The van der Waals surface area contributed by atoms with E-state index in [0.717, 1.165) is 6.07 Å². The second kappa shape index (κ2) is 7.41. The van der Waals surface area contributed by atoms with Crippen LogP contribution >= 0.6 is 22.6 Å². The van der Waals surface area contributed by atoms with Crippen molar-refractivity contribution in [3.63, 3.8) is 0 Å².